The summed E-state index contributed by atoms with van der Waals surface area (Å²) in [6, 6.07) is 4.02. The first kappa shape index (κ1) is 13.7. The summed E-state index contributed by atoms with van der Waals surface area (Å²) in [5.74, 6) is -0.988. The minimum atomic E-state index is -0.988. The lowest BCUT2D eigenvalue weighted by atomic mass is 9.95. The number of hydrogen-bond donors (Lipinski definition) is 1. The van der Waals surface area contributed by atoms with Crippen molar-refractivity contribution in [2.45, 2.75) is 26.2 Å². The molecule has 0 saturated carbocycles. The van der Waals surface area contributed by atoms with Crippen LogP contribution in [0.5, 0.6) is 0 Å². The van der Waals surface area contributed by atoms with Gasteiger partial charge in [-0.05, 0) is 33.5 Å². The Kier molecular flexibility index (Phi) is 3.62. The van der Waals surface area contributed by atoms with Gasteiger partial charge in [0.05, 0.1) is 4.88 Å². The molecule has 96 valence electrons. The van der Waals surface area contributed by atoms with Gasteiger partial charge < -0.3 is 5.11 Å². The second-order valence-corrected chi connectivity index (χ2v) is 8.22. The maximum Gasteiger partial charge on any atom is 0.356 e. The molecule has 0 amide bonds. The van der Waals surface area contributed by atoms with Gasteiger partial charge in [0.15, 0.2) is 9.61 Å². The van der Waals surface area contributed by atoms with E-state index in [9.17, 15) is 4.79 Å². The molecule has 3 nitrogen and oxygen atoms in total. The van der Waals surface area contributed by atoms with E-state index in [1.807, 2.05) is 6.07 Å². The molecule has 0 radical (unpaired) electrons. The molecule has 0 aliphatic rings. The molecule has 2 heterocycles. The number of carboxylic acid groups (broad SMARTS) is 1. The van der Waals surface area contributed by atoms with Crippen LogP contribution in [0.15, 0.2) is 16.0 Å². The summed E-state index contributed by atoms with van der Waals surface area (Å²) in [5.41, 5.74) is 0.197. The van der Waals surface area contributed by atoms with Gasteiger partial charge in [0.1, 0.15) is 0 Å². The normalized spacial score (nSPS) is 11.8. The molecular formula is C12H12BrNO2S2. The predicted molar refractivity (Wildman–Crippen MR) is 78.8 cm³/mol. The van der Waals surface area contributed by atoms with Crippen molar-refractivity contribution in [3.05, 3.63) is 26.6 Å². The Morgan fingerprint density at radius 3 is 2.50 bits per heavy atom. The number of aromatic carboxylic acids is 1. The van der Waals surface area contributed by atoms with Gasteiger partial charge in [-0.3, -0.25) is 0 Å². The van der Waals surface area contributed by atoms with Crippen LogP contribution in [0.4, 0.5) is 0 Å². The van der Waals surface area contributed by atoms with Gasteiger partial charge in [-0.2, -0.15) is 0 Å². The zero-order valence-corrected chi connectivity index (χ0v) is 13.4. The lowest BCUT2D eigenvalue weighted by Gasteiger charge is -2.15. The van der Waals surface area contributed by atoms with Crippen LogP contribution >= 0.6 is 38.6 Å². The van der Waals surface area contributed by atoms with E-state index < -0.39 is 5.97 Å². The second-order valence-electron chi connectivity index (χ2n) is 4.86. The number of aromatic nitrogens is 1. The predicted octanol–water partition coefficient (Wildman–Crippen LogP) is 4.63. The van der Waals surface area contributed by atoms with Crippen LogP contribution in [0.25, 0.3) is 9.75 Å². The number of thiophene rings is 1. The molecule has 0 spiro atoms. The van der Waals surface area contributed by atoms with Gasteiger partial charge in [-0.25, -0.2) is 9.78 Å². The molecule has 0 saturated heterocycles. The highest BCUT2D eigenvalue weighted by molar-refractivity contribution is 9.11. The quantitative estimate of drug-likeness (QED) is 0.863. The SMILES string of the molecule is CC(C)(C)c1ccc(-c2sc(Br)nc2C(=O)O)s1. The van der Waals surface area contributed by atoms with Crippen molar-refractivity contribution in [1.29, 1.82) is 0 Å². The number of carbonyl (C=O) groups is 1. The van der Waals surface area contributed by atoms with E-state index in [1.54, 1.807) is 11.3 Å². The average molecular weight is 346 g/mol. The summed E-state index contributed by atoms with van der Waals surface area (Å²) in [6.07, 6.45) is 0. The fraction of sp³-hybridized carbons (Fsp3) is 0.333. The van der Waals surface area contributed by atoms with Crippen LogP contribution in [0.3, 0.4) is 0 Å². The minimum absolute atomic E-state index is 0.0776. The maximum atomic E-state index is 11.1. The van der Waals surface area contributed by atoms with Gasteiger partial charge in [-0.1, -0.05) is 20.8 Å². The smallest absolute Gasteiger partial charge is 0.356 e. The molecule has 0 fully saturated rings. The monoisotopic (exact) mass is 345 g/mol. The fourth-order valence-electron chi connectivity index (χ4n) is 1.47. The fourth-order valence-corrected chi connectivity index (χ4v) is 4.09. The van der Waals surface area contributed by atoms with Crippen molar-refractivity contribution in [2.24, 2.45) is 0 Å². The standard InChI is InChI=1S/C12H12BrNO2S2/c1-12(2,3)7-5-4-6(17-7)9-8(10(15)16)14-11(13)18-9/h4-5H,1-3H3,(H,15,16). The molecule has 2 aromatic rings. The number of halogens is 1. The lowest BCUT2D eigenvalue weighted by molar-refractivity contribution is 0.0692. The molecule has 0 atom stereocenters. The van der Waals surface area contributed by atoms with Crippen molar-refractivity contribution in [1.82, 2.24) is 4.98 Å². The van der Waals surface area contributed by atoms with Crippen LogP contribution in [-0.4, -0.2) is 16.1 Å². The zero-order chi connectivity index (χ0) is 13.5. The topological polar surface area (TPSA) is 50.2 Å². The van der Waals surface area contributed by atoms with Gasteiger partial charge in [0.2, 0.25) is 0 Å². The van der Waals surface area contributed by atoms with Crippen molar-refractivity contribution in [2.75, 3.05) is 0 Å². The summed E-state index contributed by atoms with van der Waals surface area (Å²) in [5, 5.41) is 9.13. The number of rotatable bonds is 2. The van der Waals surface area contributed by atoms with Crippen LogP contribution in [-0.2, 0) is 5.41 Å². The van der Waals surface area contributed by atoms with Crippen molar-refractivity contribution < 1.29 is 9.90 Å². The Balaban J connectivity index is 2.49. The van der Waals surface area contributed by atoms with E-state index in [-0.39, 0.29) is 11.1 Å². The zero-order valence-electron chi connectivity index (χ0n) is 10.2. The molecule has 0 unspecified atom stereocenters. The number of carboxylic acids is 1. The molecule has 0 aromatic carbocycles. The maximum absolute atomic E-state index is 11.1. The molecule has 6 heteroatoms. The molecule has 2 aromatic heterocycles. The van der Waals surface area contributed by atoms with E-state index in [1.165, 1.54) is 16.2 Å². The molecule has 1 N–H and O–H groups in total. The number of thiazole rings is 1. The van der Waals surface area contributed by atoms with Crippen LogP contribution < -0.4 is 0 Å². The van der Waals surface area contributed by atoms with Crippen molar-refractivity contribution in [3.8, 4) is 9.75 Å². The Labute approximate surface area is 122 Å². The third-order valence-electron chi connectivity index (χ3n) is 2.37. The van der Waals surface area contributed by atoms with Crippen molar-refractivity contribution >= 4 is 44.6 Å². The molecule has 0 aliphatic carbocycles. The van der Waals surface area contributed by atoms with E-state index in [0.29, 0.717) is 3.92 Å². The Bertz CT molecular complexity index is 595. The summed E-state index contributed by atoms with van der Waals surface area (Å²) < 4.78 is 0.598. The van der Waals surface area contributed by atoms with Gasteiger partial charge in [0.25, 0.3) is 0 Å². The van der Waals surface area contributed by atoms with Crippen LogP contribution in [0.2, 0.25) is 0 Å². The minimum Gasteiger partial charge on any atom is -0.476 e. The molecule has 0 aliphatic heterocycles. The number of hydrogen-bond acceptors (Lipinski definition) is 4. The van der Waals surface area contributed by atoms with E-state index >= 15 is 0 Å². The lowest BCUT2D eigenvalue weighted by Crippen LogP contribution is -2.07. The second kappa shape index (κ2) is 4.75. The first-order valence-electron chi connectivity index (χ1n) is 5.29. The summed E-state index contributed by atoms with van der Waals surface area (Å²) in [7, 11) is 0. The van der Waals surface area contributed by atoms with Crippen LogP contribution in [0.1, 0.15) is 36.1 Å². The average Bonchev–Trinajstić information content (AvgIpc) is 2.81. The first-order valence-corrected chi connectivity index (χ1v) is 7.72. The highest BCUT2D eigenvalue weighted by Crippen LogP contribution is 2.40. The first-order chi connectivity index (χ1) is 8.29. The summed E-state index contributed by atoms with van der Waals surface area (Å²) >= 11 is 6.22. The Morgan fingerprint density at radius 1 is 1.33 bits per heavy atom. The van der Waals surface area contributed by atoms with E-state index in [0.717, 1.165) is 9.75 Å². The highest BCUT2D eigenvalue weighted by Gasteiger charge is 2.22. The summed E-state index contributed by atoms with van der Waals surface area (Å²) in [4.78, 5) is 18.1. The third kappa shape index (κ3) is 2.65. The van der Waals surface area contributed by atoms with E-state index in [4.69, 9.17) is 5.11 Å². The molecule has 0 bridgehead atoms. The van der Waals surface area contributed by atoms with Crippen molar-refractivity contribution in [3.63, 3.8) is 0 Å². The third-order valence-corrected chi connectivity index (χ3v) is 5.57. The van der Waals surface area contributed by atoms with Gasteiger partial charge >= 0.3 is 5.97 Å². The van der Waals surface area contributed by atoms with Gasteiger partial charge in [0, 0.05) is 9.75 Å². The molecule has 18 heavy (non-hydrogen) atoms. The Hall–Kier alpha value is -0.720. The van der Waals surface area contributed by atoms with Crippen LogP contribution in [0, 0.1) is 0 Å². The largest absolute Gasteiger partial charge is 0.476 e. The summed E-state index contributed by atoms with van der Waals surface area (Å²) in [6.45, 7) is 6.43. The number of nitrogens with zero attached hydrogens (tertiary/aromatic N) is 1. The Morgan fingerprint density at radius 2 is 2.00 bits per heavy atom. The van der Waals surface area contributed by atoms with E-state index in [2.05, 4.69) is 47.8 Å². The molecular weight excluding hydrogens is 334 g/mol. The molecule has 2 rings (SSSR count). The van der Waals surface area contributed by atoms with Gasteiger partial charge in [-0.15, -0.1) is 22.7 Å². The highest BCUT2D eigenvalue weighted by atomic mass is 79.9.